The molecule has 1 saturated heterocycles. The second-order valence-electron chi connectivity index (χ2n) is 6.69. The zero-order chi connectivity index (χ0) is 17.1. The molecule has 0 amide bonds. The van der Waals surface area contributed by atoms with Crippen LogP contribution in [0.4, 0.5) is 0 Å². The van der Waals surface area contributed by atoms with Crippen LogP contribution < -0.4 is 0 Å². The van der Waals surface area contributed by atoms with E-state index in [-0.39, 0.29) is 0 Å². The van der Waals surface area contributed by atoms with Crippen LogP contribution in [0.5, 0.6) is 5.75 Å². The van der Waals surface area contributed by atoms with Crippen molar-refractivity contribution in [3.05, 3.63) is 71.9 Å². The molecule has 4 nitrogen and oxygen atoms in total. The first-order valence-corrected chi connectivity index (χ1v) is 8.84. The molecule has 2 heterocycles. The second kappa shape index (κ2) is 7.21. The maximum absolute atomic E-state index is 10.5. The highest BCUT2D eigenvalue weighted by molar-refractivity contribution is 5.85. The molecule has 4 rings (SSSR count). The molecule has 3 aromatic rings. The molecular weight excluding hydrogens is 310 g/mol. The summed E-state index contributed by atoms with van der Waals surface area (Å²) in [6, 6.07) is 18.6. The van der Waals surface area contributed by atoms with Crippen molar-refractivity contribution >= 4 is 10.9 Å². The molecule has 0 radical (unpaired) electrons. The van der Waals surface area contributed by atoms with Crippen LogP contribution in [0.1, 0.15) is 11.1 Å². The van der Waals surface area contributed by atoms with Crippen molar-refractivity contribution in [1.29, 1.82) is 0 Å². The van der Waals surface area contributed by atoms with E-state index in [1.807, 2.05) is 24.3 Å². The molecule has 1 aliphatic rings. The third-order valence-corrected chi connectivity index (χ3v) is 4.94. The van der Waals surface area contributed by atoms with E-state index in [4.69, 9.17) is 0 Å². The topological polar surface area (TPSA) is 39.6 Å². The average Bonchev–Trinajstić information content (AvgIpc) is 2.67. The number of fused-ring (bicyclic) bond motifs is 1. The number of rotatable bonds is 4. The predicted octanol–water partition coefficient (Wildman–Crippen LogP) is 3.26. The number of aromatic nitrogens is 1. The van der Waals surface area contributed by atoms with Gasteiger partial charge in [0.1, 0.15) is 11.3 Å². The first-order valence-electron chi connectivity index (χ1n) is 8.84. The van der Waals surface area contributed by atoms with Crippen molar-refractivity contribution in [1.82, 2.24) is 14.8 Å². The highest BCUT2D eigenvalue weighted by Gasteiger charge is 2.18. The Morgan fingerprint density at radius 1 is 0.800 bits per heavy atom. The van der Waals surface area contributed by atoms with E-state index in [0.717, 1.165) is 50.2 Å². The van der Waals surface area contributed by atoms with Gasteiger partial charge in [0.15, 0.2) is 0 Å². The van der Waals surface area contributed by atoms with Crippen LogP contribution in [-0.4, -0.2) is 46.1 Å². The number of phenols is 1. The quantitative estimate of drug-likeness (QED) is 0.795. The highest BCUT2D eigenvalue weighted by Crippen LogP contribution is 2.28. The first kappa shape index (κ1) is 16.1. The normalized spacial score (nSPS) is 16.3. The maximum Gasteiger partial charge on any atom is 0.146 e. The van der Waals surface area contributed by atoms with Gasteiger partial charge in [-0.15, -0.1) is 0 Å². The minimum absolute atomic E-state index is 0.324. The minimum atomic E-state index is 0.324. The summed E-state index contributed by atoms with van der Waals surface area (Å²) in [5.41, 5.74) is 3.03. The lowest BCUT2D eigenvalue weighted by molar-refractivity contribution is 0.121. The molecule has 1 fully saturated rings. The lowest BCUT2D eigenvalue weighted by Crippen LogP contribution is -2.45. The molecule has 4 heteroatoms. The van der Waals surface area contributed by atoms with E-state index < -0.39 is 0 Å². The summed E-state index contributed by atoms with van der Waals surface area (Å²) in [6.45, 7) is 5.94. The van der Waals surface area contributed by atoms with Crippen molar-refractivity contribution < 1.29 is 5.11 Å². The van der Waals surface area contributed by atoms with Crippen LogP contribution in [0, 0.1) is 0 Å². The Bertz CT molecular complexity index is 842. The largest absolute Gasteiger partial charge is 0.505 e. The highest BCUT2D eigenvalue weighted by atomic mass is 16.3. The van der Waals surface area contributed by atoms with E-state index in [0.29, 0.717) is 11.3 Å². The van der Waals surface area contributed by atoms with Crippen LogP contribution in [0.15, 0.2) is 60.8 Å². The number of hydrogen-bond donors (Lipinski definition) is 1. The molecule has 128 valence electrons. The number of pyridine rings is 1. The first-order chi connectivity index (χ1) is 12.3. The average molecular weight is 333 g/mol. The minimum Gasteiger partial charge on any atom is -0.505 e. The summed E-state index contributed by atoms with van der Waals surface area (Å²) in [6.07, 6.45) is 1.73. The van der Waals surface area contributed by atoms with Gasteiger partial charge in [0.05, 0.1) is 0 Å². The molecule has 0 unspecified atom stereocenters. The third kappa shape index (κ3) is 3.65. The Morgan fingerprint density at radius 3 is 2.28 bits per heavy atom. The van der Waals surface area contributed by atoms with Gasteiger partial charge < -0.3 is 5.11 Å². The fraction of sp³-hybridized carbons (Fsp3) is 0.286. The van der Waals surface area contributed by atoms with Crippen molar-refractivity contribution in [3.8, 4) is 5.75 Å². The van der Waals surface area contributed by atoms with Gasteiger partial charge in [-0.3, -0.25) is 14.8 Å². The monoisotopic (exact) mass is 333 g/mol. The number of piperazine rings is 1. The van der Waals surface area contributed by atoms with Gasteiger partial charge >= 0.3 is 0 Å². The van der Waals surface area contributed by atoms with Gasteiger partial charge in [-0.05, 0) is 11.6 Å². The zero-order valence-electron chi connectivity index (χ0n) is 14.3. The summed E-state index contributed by atoms with van der Waals surface area (Å²) in [4.78, 5) is 9.22. The number of aromatic hydroxyl groups is 1. The van der Waals surface area contributed by atoms with Gasteiger partial charge in [-0.25, -0.2) is 0 Å². The second-order valence-corrected chi connectivity index (χ2v) is 6.69. The Kier molecular flexibility index (Phi) is 4.63. The molecule has 0 bridgehead atoms. The van der Waals surface area contributed by atoms with Gasteiger partial charge in [0.2, 0.25) is 0 Å². The number of benzene rings is 2. The lowest BCUT2D eigenvalue weighted by atomic mass is 10.1. The van der Waals surface area contributed by atoms with Crippen LogP contribution in [0.3, 0.4) is 0 Å². The SMILES string of the molecule is Oc1c(CN2CCN(Cc3ccccc3)CC2)ccc2cccnc12. The molecule has 0 spiro atoms. The summed E-state index contributed by atoms with van der Waals surface area (Å²) >= 11 is 0. The van der Waals surface area contributed by atoms with E-state index >= 15 is 0 Å². The molecule has 1 N–H and O–H groups in total. The van der Waals surface area contributed by atoms with Crippen molar-refractivity contribution in [2.75, 3.05) is 26.2 Å². The van der Waals surface area contributed by atoms with Gasteiger partial charge in [0, 0.05) is 56.4 Å². The molecule has 25 heavy (non-hydrogen) atoms. The Labute approximate surface area is 148 Å². The van der Waals surface area contributed by atoms with Crippen molar-refractivity contribution in [3.63, 3.8) is 0 Å². The maximum atomic E-state index is 10.5. The Balaban J connectivity index is 1.38. The van der Waals surface area contributed by atoms with E-state index in [1.165, 1.54) is 5.56 Å². The lowest BCUT2D eigenvalue weighted by Gasteiger charge is -2.34. The summed E-state index contributed by atoms with van der Waals surface area (Å²) in [5.74, 6) is 0.324. The fourth-order valence-electron chi connectivity index (χ4n) is 3.49. The third-order valence-electron chi connectivity index (χ3n) is 4.94. The van der Waals surface area contributed by atoms with Gasteiger partial charge in [-0.1, -0.05) is 48.5 Å². The molecule has 1 aliphatic heterocycles. The number of hydrogen-bond acceptors (Lipinski definition) is 4. The molecular formula is C21H23N3O. The van der Waals surface area contributed by atoms with Gasteiger partial charge in [-0.2, -0.15) is 0 Å². The van der Waals surface area contributed by atoms with E-state index in [9.17, 15) is 5.11 Å². The zero-order valence-corrected chi connectivity index (χ0v) is 14.3. The Morgan fingerprint density at radius 2 is 1.52 bits per heavy atom. The summed E-state index contributed by atoms with van der Waals surface area (Å²) in [7, 11) is 0. The number of nitrogens with zero attached hydrogens (tertiary/aromatic N) is 3. The standard InChI is InChI=1S/C21H23N3O/c25-21-19(9-8-18-7-4-10-22-20(18)21)16-24-13-11-23(12-14-24)15-17-5-2-1-3-6-17/h1-10,25H,11-16H2. The predicted molar refractivity (Wildman–Crippen MR) is 100 cm³/mol. The number of phenolic OH excluding ortho intramolecular Hbond substituents is 1. The van der Waals surface area contributed by atoms with Crippen LogP contribution in [0.25, 0.3) is 10.9 Å². The molecule has 1 aromatic heterocycles. The fourth-order valence-corrected chi connectivity index (χ4v) is 3.49. The van der Waals surface area contributed by atoms with Crippen LogP contribution in [0.2, 0.25) is 0 Å². The van der Waals surface area contributed by atoms with Gasteiger partial charge in [0.25, 0.3) is 0 Å². The molecule has 2 aromatic carbocycles. The smallest absolute Gasteiger partial charge is 0.146 e. The van der Waals surface area contributed by atoms with Crippen LogP contribution in [-0.2, 0) is 13.1 Å². The van der Waals surface area contributed by atoms with E-state index in [2.05, 4.69) is 45.1 Å². The molecule has 0 atom stereocenters. The summed E-state index contributed by atoms with van der Waals surface area (Å²) in [5, 5.41) is 11.5. The Hall–Kier alpha value is -2.43. The van der Waals surface area contributed by atoms with E-state index in [1.54, 1.807) is 6.20 Å². The summed E-state index contributed by atoms with van der Waals surface area (Å²) < 4.78 is 0. The van der Waals surface area contributed by atoms with Crippen LogP contribution >= 0.6 is 0 Å². The van der Waals surface area contributed by atoms with Crippen molar-refractivity contribution in [2.24, 2.45) is 0 Å². The van der Waals surface area contributed by atoms with Crippen molar-refractivity contribution in [2.45, 2.75) is 13.1 Å². The molecule has 0 saturated carbocycles. The molecule has 0 aliphatic carbocycles.